The van der Waals surface area contributed by atoms with E-state index in [0.717, 1.165) is 10.1 Å². The van der Waals surface area contributed by atoms with E-state index in [4.69, 9.17) is 15.2 Å². The van der Waals surface area contributed by atoms with Crippen LogP contribution in [0.4, 0.5) is 5.95 Å². The van der Waals surface area contributed by atoms with E-state index in [2.05, 4.69) is 30.0 Å². The number of nitrogen functional groups attached to an aromatic ring is 1. The minimum Gasteiger partial charge on any atom is -0.378 e. The van der Waals surface area contributed by atoms with E-state index in [1.54, 1.807) is 6.20 Å². The molecule has 1 aliphatic rings. The average Bonchev–Trinajstić information content (AvgIpc) is 3.66. The van der Waals surface area contributed by atoms with Gasteiger partial charge in [0.1, 0.15) is 11.7 Å². The maximum absolute atomic E-state index is 13.3. The van der Waals surface area contributed by atoms with Gasteiger partial charge in [-0.05, 0) is 36.6 Å². The third-order valence-corrected chi connectivity index (χ3v) is 7.39. The molecule has 4 aromatic rings. The van der Waals surface area contributed by atoms with Gasteiger partial charge in [0.2, 0.25) is 11.9 Å². The highest BCUT2D eigenvalue weighted by molar-refractivity contribution is 6.00. The summed E-state index contributed by atoms with van der Waals surface area (Å²) in [7, 11) is 1.45. The number of ether oxygens (including phenoxy) is 2. The molecular formula is C28H34N8O8. The number of H-pyrrole nitrogens is 2. The Morgan fingerprint density at radius 3 is 2.70 bits per heavy atom. The molecule has 0 spiro atoms. The predicted octanol–water partition coefficient (Wildman–Crippen LogP) is -0.818. The molecule has 1 aliphatic heterocycles. The molecular weight excluding hydrogens is 576 g/mol. The molecule has 2 amide bonds. The number of nitrogens with two attached hydrogens (primary N) is 1. The fourth-order valence-corrected chi connectivity index (χ4v) is 5.18. The highest BCUT2D eigenvalue weighted by atomic mass is 16.5. The van der Waals surface area contributed by atoms with Gasteiger partial charge in [-0.25, -0.2) is 9.59 Å². The normalized spacial score (nSPS) is 14.9. The van der Waals surface area contributed by atoms with E-state index < -0.39 is 17.4 Å². The molecule has 1 fully saturated rings. The van der Waals surface area contributed by atoms with Crippen molar-refractivity contribution >= 4 is 39.7 Å². The third kappa shape index (κ3) is 6.72. The fraction of sp³-hybridized carbons (Fsp3) is 0.429. The van der Waals surface area contributed by atoms with E-state index in [-0.39, 0.29) is 52.9 Å². The zero-order chi connectivity index (χ0) is 31.2. The van der Waals surface area contributed by atoms with Gasteiger partial charge in [0, 0.05) is 45.0 Å². The fourth-order valence-electron chi connectivity index (χ4n) is 5.18. The number of carbonyl (C=O) groups excluding carboxylic acids is 2. The number of aromatic nitrogens is 4. The molecule has 3 aromatic heterocycles. The van der Waals surface area contributed by atoms with E-state index in [9.17, 15) is 24.0 Å². The number of nitrogens with zero attached hydrogens (tertiary/aromatic N) is 3. The smallest absolute Gasteiger partial charge is 0.378 e. The summed E-state index contributed by atoms with van der Waals surface area (Å²) in [5.41, 5.74) is 6.27. The van der Waals surface area contributed by atoms with Crippen LogP contribution in [0.2, 0.25) is 0 Å². The van der Waals surface area contributed by atoms with Crippen LogP contribution in [-0.2, 0) is 27.9 Å². The maximum Gasteiger partial charge on any atom is 0.422 e. The highest BCUT2D eigenvalue weighted by Gasteiger charge is 2.34. The van der Waals surface area contributed by atoms with Crippen molar-refractivity contribution in [3.8, 4) is 0 Å². The molecule has 0 saturated carbocycles. The Balaban J connectivity index is 0.981. The third-order valence-electron chi connectivity index (χ3n) is 7.39. The first-order valence-electron chi connectivity index (χ1n) is 14.2. The van der Waals surface area contributed by atoms with Gasteiger partial charge in [0.25, 0.3) is 11.5 Å². The van der Waals surface area contributed by atoms with Gasteiger partial charge in [0.05, 0.1) is 42.7 Å². The van der Waals surface area contributed by atoms with Crippen molar-refractivity contribution in [2.24, 2.45) is 7.05 Å². The zero-order valence-electron chi connectivity index (χ0n) is 24.1. The van der Waals surface area contributed by atoms with E-state index >= 15 is 0 Å². The number of hydrogen-bond acceptors (Lipinski definition) is 11. The zero-order valence-corrected chi connectivity index (χ0v) is 24.1. The Kier molecular flexibility index (Phi) is 9.52. The number of likely N-dealkylation sites (tertiary alicyclic amines) is 1. The van der Waals surface area contributed by atoms with Gasteiger partial charge >= 0.3 is 11.4 Å². The second-order valence-corrected chi connectivity index (χ2v) is 10.3. The van der Waals surface area contributed by atoms with Crippen molar-refractivity contribution in [3.63, 3.8) is 0 Å². The van der Waals surface area contributed by atoms with E-state index in [1.165, 1.54) is 30.1 Å². The lowest BCUT2D eigenvalue weighted by molar-refractivity contribution is -0.125. The van der Waals surface area contributed by atoms with Gasteiger partial charge in [-0.1, -0.05) is 0 Å². The molecule has 0 aliphatic carbocycles. The number of hydrogen-bond donors (Lipinski definition) is 5. The number of nitrogens with one attached hydrogen (secondary N) is 4. The Bertz CT molecular complexity index is 1840. The summed E-state index contributed by atoms with van der Waals surface area (Å²) < 4.78 is 16.9. The standard InChI is InChI=1S/C28H34N8O8/c1-35-20-13-16(4-5-18(20)26(40)44-28(35)41)25(39)36-8-2-3-19(36)23(37)31-7-10-43-12-11-42-9-6-30-14-17-15-32-22-21(17)24(38)34-27(29)33-22/h4-5,13,15,19,30H,2-3,6-12,14H2,1H3,(H,31,37)(H4,29,32,33,34,38)/t19-/m0/s1. The van der Waals surface area contributed by atoms with Crippen LogP contribution in [0, 0.1) is 0 Å². The minimum atomic E-state index is -0.821. The molecule has 4 heterocycles. The van der Waals surface area contributed by atoms with Crippen molar-refractivity contribution in [1.29, 1.82) is 0 Å². The lowest BCUT2D eigenvalue weighted by atomic mass is 10.1. The Labute approximate surface area is 249 Å². The second-order valence-electron chi connectivity index (χ2n) is 10.3. The predicted molar refractivity (Wildman–Crippen MR) is 159 cm³/mol. The number of anilines is 1. The van der Waals surface area contributed by atoms with Crippen LogP contribution >= 0.6 is 0 Å². The molecule has 1 aromatic carbocycles. The van der Waals surface area contributed by atoms with Crippen molar-refractivity contribution in [2.75, 3.05) is 51.8 Å². The van der Waals surface area contributed by atoms with Crippen LogP contribution in [0.5, 0.6) is 0 Å². The summed E-state index contributed by atoms with van der Waals surface area (Å²) in [6.45, 7) is 3.15. The molecule has 44 heavy (non-hydrogen) atoms. The number of aromatic amines is 2. The van der Waals surface area contributed by atoms with Gasteiger partial charge in [-0.15, -0.1) is 0 Å². The van der Waals surface area contributed by atoms with Crippen molar-refractivity contribution in [1.82, 2.24) is 35.1 Å². The van der Waals surface area contributed by atoms with Crippen LogP contribution in [0.25, 0.3) is 21.9 Å². The molecule has 5 rings (SSSR count). The van der Waals surface area contributed by atoms with Crippen LogP contribution in [0.15, 0.2) is 43.2 Å². The number of benzene rings is 1. The molecule has 0 unspecified atom stereocenters. The summed E-state index contributed by atoms with van der Waals surface area (Å²) in [5.74, 6) is -1.39. The number of amides is 2. The number of carbonyl (C=O) groups is 2. The van der Waals surface area contributed by atoms with Crippen molar-refractivity contribution in [2.45, 2.75) is 25.4 Å². The molecule has 0 radical (unpaired) electrons. The summed E-state index contributed by atoms with van der Waals surface area (Å²) in [6.07, 6.45) is 2.92. The maximum atomic E-state index is 13.3. The van der Waals surface area contributed by atoms with E-state index in [1.807, 2.05) is 0 Å². The Morgan fingerprint density at radius 1 is 1.14 bits per heavy atom. The topological polar surface area (TPSA) is 220 Å². The lowest BCUT2D eigenvalue weighted by Crippen LogP contribution is -2.46. The molecule has 6 N–H and O–H groups in total. The minimum absolute atomic E-state index is 0.0581. The molecule has 1 saturated heterocycles. The monoisotopic (exact) mass is 610 g/mol. The van der Waals surface area contributed by atoms with Crippen LogP contribution in [0.3, 0.4) is 0 Å². The first-order chi connectivity index (χ1) is 21.2. The van der Waals surface area contributed by atoms with Crippen LogP contribution in [-0.4, -0.2) is 88.3 Å². The van der Waals surface area contributed by atoms with Gasteiger partial charge in [-0.2, -0.15) is 4.98 Å². The average molecular weight is 611 g/mol. The number of rotatable bonds is 13. The Morgan fingerprint density at radius 2 is 1.91 bits per heavy atom. The quantitative estimate of drug-likeness (QED) is 0.118. The summed E-state index contributed by atoms with van der Waals surface area (Å²) in [5, 5.41) is 6.68. The lowest BCUT2D eigenvalue weighted by Gasteiger charge is -2.24. The molecule has 16 heteroatoms. The molecule has 234 valence electrons. The summed E-state index contributed by atoms with van der Waals surface area (Å²) in [6, 6.07) is 3.78. The highest BCUT2D eigenvalue weighted by Crippen LogP contribution is 2.22. The summed E-state index contributed by atoms with van der Waals surface area (Å²) in [4.78, 5) is 73.1. The van der Waals surface area contributed by atoms with Crippen LogP contribution < -0.4 is 33.3 Å². The Hall–Kier alpha value is -4.80. The van der Waals surface area contributed by atoms with Crippen LogP contribution in [0.1, 0.15) is 28.8 Å². The second kappa shape index (κ2) is 13.7. The molecule has 1 atom stereocenters. The SMILES string of the molecule is Cn1c(=O)oc(=O)c2ccc(C(=O)N3CCC[C@H]3C(=O)NCCOCCOCCNCc3c[nH]c4nc(N)[nH]c(=O)c34)cc21. The molecule has 16 nitrogen and oxygen atoms in total. The first kappa shape index (κ1) is 30.7. The van der Waals surface area contributed by atoms with Gasteiger partial charge in [-0.3, -0.25) is 23.9 Å². The first-order valence-corrected chi connectivity index (χ1v) is 14.2. The number of aryl methyl sites for hydroxylation is 1. The van der Waals surface area contributed by atoms with E-state index in [0.29, 0.717) is 63.3 Å². The van der Waals surface area contributed by atoms with Crippen molar-refractivity contribution in [3.05, 3.63) is 66.8 Å². The number of fused-ring (bicyclic) bond motifs is 2. The summed E-state index contributed by atoms with van der Waals surface area (Å²) >= 11 is 0. The molecule has 0 bridgehead atoms. The van der Waals surface area contributed by atoms with Gasteiger partial charge in [0.15, 0.2) is 0 Å². The van der Waals surface area contributed by atoms with Gasteiger partial charge < -0.3 is 40.1 Å². The largest absolute Gasteiger partial charge is 0.422 e. The van der Waals surface area contributed by atoms with Crippen molar-refractivity contribution < 1.29 is 23.5 Å².